The van der Waals surface area contributed by atoms with Gasteiger partial charge in [-0.25, -0.2) is 15.0 Å². The molecule has 0 spiro atoms. The molecule has 3 aromatic heterocycles. The topological polar surface area (TPSA) is 58.3 Å². The monoisotopic (exact) mass is 358 g/mol. The standard InChI is InChI=1S/C21H20N5O/c1-12(2)25-11-26(20-19(25)22-9-10-23-20)17-13(3)5-7-15-16-8-6-14(4)24-21(16)27-18(15)17/h5-12H,1-4H3. The zero-order valence-electron chi connectivity index (χ0n) is 15.8. The third-order valence-corrected chi connectivity index (χ3v) is 4.99. The maximum atomic E-state index is 6.23. The molecule has 1 aliphatic rings. The second-order valence-electron chi connectivity index (χ2n) is 7.21. The molecule has 5 rings (SSSR count). The van der Waals surface area contributed by atoms with E-state index in [1.54, 1.807) is 12.4 Å². The Labute approximate surface area is 157 Å². The molecule has 1 radical (unpaired) electrons. The van der Waals surface area contributed by atoms with Crippen molar-refractivity contribution < 1.29 is 4.42 Å². The smallest absolute Gasteiger partial charge is 0.227 e. The Bertz CT molecular complexity index is 1180. The number of hydrogen-bond donors (Lipinski definition) is 0. The number of benzene rings is 1. The van der Waals surface area contributed by atoms with Gasteiger partial charge in [-0.1, -0.05) is 12.1 Å². The molecule has 4 aromatic rings. The minimum atomic E-state index is 0.268. The number of anilines is 3. The van der Waals surface area contributed by atoms with Gasteiger partial charge in [0.05, 0.1) is 5.69 Å². The number of aromatic nitrogens is 3. The molecule has 0 fully saturated rings. The largest absolute Gasteiger partial charge is 0.435 e. The van der Waals surface area contributed by atoms with Gasteiger partial charge in [0.15, 0.2) is 17.2 Å². The highest BCUT2D eigenvalue weighted by atomic mass is 16.3. The summed E-state index contributed by atoms with van der Waals surface area (Å²) in [5, 5.41) is 2.08. The summed E-state index contributed by atoms with van der Waals surface area (Å²) in [7, 11) is 0. The van der Waals surface area contributed by atoms with Crippen molar-refractivity contribution in [2.24, 2.45) is 0 Å². The highest BCUT2D eigenvalue weighted by Crippen LogP contribution is 2.45. The number of aryl methyl sites for hydroxylation is 2. The van der Waals surface area contributed by atoms with Gasteiger partial charge in [0.25, 0.3) is 0 Å². The lowest BCUT2D eigenvalue weighted by Gasteiger charge is -2.23. The second kappa shape index (κ2) is 5.67. The number of furan rings is 1. The summed E-state index contributed by atoms with van der Waals surface area (Å²) in [5.74, 6) is 1.67. The summed E-state index contributed by atoms with van der Waals surface area (Å²) < 4.78 is 6.23. The fourth-order valence-electron chi connectivity index (χ4n) is 3.65. The highest BCUT2D eigenvalue weighted by Gasteiger charge is 2.34. The van der Waals surface area contributed by atoms with Crippen LogP contribution in [0.5, 0.6) is 0 Å². The summed E-state index contributed by atoms with van der Waals surface area (Å²) >= 11 is 0. The van der Waals surface area contributed by atoms with Crippen LogP contribution in [0, 0.1) is 20.5 Å². The van der Waals surface area contributed by atoms with Crippen LogP contribution < -0.4 is 9.80 Å². The zero-order chi connectivity index (χ0) is 18.7. The molecule has 1 aliphatic heterocycles. The molecule has 0 unspecified atom stereocenters. The van der Waals surface area contributed by atoms with Crippen molar-refractivity contribution in [1.29, 1.82) is 0 Å². The first-order valence-electron chi connectivity index (χ1n) is 9.07. The molecule has 1 aromatic carbocycles. The van der Waals surface area contributed by atoms with Gasteiger partial charge in [-0.05, 0) is 45.4 Å². The summed E-state index contributed by atoms with van der Waals surface area (Å²) in [6, 6.07) is 8.58. The molecular formula is C21H20N5O. The van der Waals surface area contributed by atoms with Crippen LogP contribution in [0.15, 0.2) is 41.1 Å². The maximum absolute atomic E-state index is 6.23. The Kier molecular flexibility index (Phi) is 3.37. The zero-order valence-corrected chi connectivity index (χ0v) is 15.8. The Morgan fingerprint density at radius 3 is 2.44 bits per heavy atom. The quantitative estimate of drug-likeness (QED) is 0.509. The second-order valence-corrected chi connectivity index (χ2v) is 7.21. The van der Waals surface area contributed by atoms with Crippen molar-refractivity contribution in [1.82, 2.24) is 15.0 Å². The Hall–Kier alpha value is -3.15. The first-order valence-corrected chi connectivity index (χ1v) is 9.07. The van der Waals surface area contributed by atoms with E-state index in [4.69, 9.17) is 4.42 Å². The van der Waals surface area contributed by atoms with Crippen molar-refractivity contribution in [2.45, 2.75) is 33.7 Å². The van der Waals surface area contributed by atoms with Gasteiger partial charge in [0, 0.05) is 34.9 Å². The maximum Gasteiger partial charge on any atom is 0.227 e. The molecule has 6 heteroatoms. The number of hydrogen-bond acceptors (Lipinski definition) is 6. The Morgan fingerprint density at radius 2 is 1.67 bits per heavy atom. The SMILES string of the molecule is Cc1ccc2c(n1)oc1c(N3[CH]N(C(C)C)c4nccnc43)c(C)ccc12. The Morgan fingerprint density at radius 1 is 0.926 bits per heavy atom. The van der Waals surface area contributed by atoms with E-state index in [2.05, 4.69) is 70.4 Å². The lowest BCUT2D eigenvalue weighted by atomic mass is 10.1. The van der Waals surface area contributed by atoms with E-state index in [1.165, 1.54) is 0 Å². The van der Waals surface area contributed by atoms with Crippen LogP contribution in [-0.2, 0) is 0 Å². The predicted octanol–water partition coefficient (Wildman–Crippen LogP) is 4.87. The van der Waals surface area contributed by atoms with Crippen molar-refractivity contribution in [3.05, 3.63) is 54.6 Å². The van der Waals surface area contributed by atoms with Crippen LogP contribution in [0.3, 0.4) is 0 Å². The average molecular weight is 358 g/mol. The van der Waals surface area contributed by atoms with Crippen molar-refractivity contribution in [3.63, 3.8) is 0 Å². The van der Waals surface area contributed by atoms with E-state index < -0.39 is 0 Å². The fraction of sp³-hybridized carbons (Fsp3) is 0.238. The summed E-state index contributed by atoms with van der Waals surface area (Å²) in [6.07, 6.45) is 3.45. The number of nitrogens with zero attached hydrogens (tertiary/aromatic N) is 5. The van der Waals surface area contributed by atoms with Crippen LogP contribution in [0.2, 0.25) is 0 Å². The van der Waals surface area contributed by atoms with Crippen molar-refractivity contribution >= 4 is 39.4 Å². The van der Waals surface area contributed by atoms with Gasteiger partial charge in [0.1, 0.15) is 6.67 Å². The molecule has 4 heterocycles. The van der Waals surface area contributed by atoms with Crippen LogP contribution in [0.1, 0.15) is 25.1 Å². The van der Waals surface area contributed by atoms with Gasteiger partial charge in [0.2, 0.25) is 5.71 Å². The van der Waals surface area contributed by atoms with E-state index in [0.717, 1.165) is 44.9 Å². The number of fused-ring (bicyclic) bond motifs is 4. The van der Waals surface area contributed by atoms with E-state index in [-0.39, 0.29) is 6.04 Å². The minimum Gasteiger partial charge on any atom is -0.435 e. The molecule has 6 nitrogen and oxygen atoms in total. The van der Waals surface area contributed by atoms with Crippen LogP contribution in [0.25, 0.3) is 22.1 Å². The lowest BCUT2D eigenvalue weighted by molar-refractivity contribution is 0.651. The van der Waals surface area contributed by atoms with E-state index >= 15 is 0 Å². The fourth-order valence-corrected chi connectivity index (χ4v) is 3.65. The summed E-state index contributed by atoms with van der Waals surface area (Å²) in [5.41, 5.74) is 4.51. The lowest BCUT2D eigenvalue weighted by Crippen LogP contribution is -2.29. The summed E-state index contributed by atoms with van der Waals surface area (Å²) in [4.78, 5) is 17.9. The molecule has 0 atom stereocenters. The molecule has 0 amide bonds. The third kappa shape index (κ3) is 2.29. The summed E-state index contributed by atoms with van der Waals surface area (Å²) in [6.45, 7) is 10.4. The molecule has 27 heavy (non-hydrogen) atoms. The minimum absolute atomic E-state index is 0.268. The normalized spacial score (nSPS) is 14.0. The van der Waals surface area contributed by atoms with E-state index in [9.17, 15) is 0 Å². The van der Waals surface area contributed by atoms with Gasteiger partial charge < -0.3 is 9.32 Å². The molecule has 135 valence electrons. The first-order chi connectivity index (χ1) is 13.0. The molecule has 0 N–H and O–H groups in total. The van der Waals surface area contributed by atoms with Gasteiger partial charge in [-0.2, -0.15) is 0 Å². The molecule has 0 saturated carbocycles. The molecule has 0 bridgehead atoms. The van der Waals surface area contributed by atoms with Crippen molar-refractivity contribution in [3.8, 4) is 0 Å². The van der Waals surface area contributed by atoms with Gasteiger partial charge in [-0.15, -0.1) is 0 Å². The van der Waals surface area contributed by atoms with Crippen LogP contribution in [-0.4, -0.2) is 21.0 Å². The van der Waals surface area contributed by atoms with Gasteiger partial charge in [-0.3, -0.25) is 4.90 Å². The Balaban J connectivity index is 1.78. The van der Waals surface area contributed by atoms with Crippen molar-refractivity contribution in [2.75, 3.05) is 9.80 Å². The number of rotatable bonds is 2. The molecule has 0 saturated heterocycles. The highest BCUT2D eigenvalue weighted by molar-refractivity contribution is 6.09. The predicted molar refractivity (Wildman–Crippen MR) is 107 cm³/mol. The van der Waals surface area contributed by atoms with Crippen LogP contribution >= 0.6 is 0 Å². The molecule has 0 aliphatic carbocycles. The van der Waals surface area contributed by atoms with E-state index in [0.29, 0.717) is 5.71 Å². The third-order valence-electron chi connectivity index (χ3n) is 4.99. The van der Waals surface area contributed by atoms with Gasteiger partial charge >= 0.3 is 0 Å². The molecular weight excluding hydrogens is 338 g/mol. The first kappa shape index (κ1) is 16.1. The average Bonchev–Trinajstić information content (AvgIpc) is 3.20. The van der Waals surface area contributed by atoms with Crippen LogP contribution in [0.4, 0.5) is 17.3 Å². The number of pyridine rings is 1. The van der Waals surface area contributed by atoms with E-state index in [1.807, 2.05) is 13.0 Å².